The summed E-state index contributed by atoms with van der Waals surface area (Å²) in [7, 11) is 0. The van der Waals surface area contributed by atoms with Gasteiger partial charge in [0.2, 0.25) is 5.91 Å². The molecule has 1 aliphatic rings. The number of fused-ring (bicyclic) bond motifs is 1. The van der Waals surface area contributed by atoms with Crippen molar-refractivity contribution in [1.82, 2.24) is 5.32 Å². The van der Waals surface area contributed by atoms with Gasteiger partial charge in [-0.05, 0) is 29.8 Å². The lowest BCUT2D eigenvalue weighted by molar-refractivity contribution is 0.0898. The zero-order valence-electron chi connectivity index (χ0n) is 16.2. The Bertz CT molecular complexity index is 1190. The summed E-state index contributed by atoms with van der Waals surface area (Å²) in [5.41, 5.74) is 6.02. The van der Waals surface area contributed by atoms with Gasteiger partial charge in [-0.3, -0.25) is 4.79 Å². The lowest BCUT2D eigenvalue weighted by Crippen LogP contribution is -2.43. The summed E-state index contributed by atoms with van der Waals surface area (Å²) in [5.74, 6) is -1.01. The van der Waals surface area contributed by atoms with Crippen LogP contribution in [0, 0.1) is 5.82 Å². The van der Waals surface area contributed by atoms with Gasteiger partial charge in [0, 0.05) is 33.7 Å². The van der Waals surface area contributed by atoms with Crippen molar-refractivity contribution >= 4 is 23.6 Å². The fraction of sp³-hybridized carbons (Fsp3) is 0.130. The van der Waals surface area contributed by atoms with E-state index in [4.69, 9.17) is 22.1 Å². The molecule has 0 bridgehead atoms. The maximum atomic E-state index is 14.9. The minimum atomic E-state index is -1.20. The molecule has 2 amide bonds. The van der Waals surface area contributed by atoms with Gasteiger partial charge < -0.3 is 20.9 Å². The molecule has 1 atom stereocenters. The van der Waals surface area contributed by atoms with Gasteiger partial charge >= 0.3 is 6.09 Å². The number of nitrogens with one attached hydrogen (secondary N) is 1. The second kappa shape index (κ2) is 7.92. The van der Waals surface area contributed by atoms with E-state index in [2.05, 4.69) is 5.32 Å². The predicted octanol–water partition coefficient (Wildman–Crippen LogP) is 4.34. The minimum absolute atomic E-state index is 0.00354. The maximum Gasteiger partial charge on any atom is 0.404 e. The third kappa shape index (κ3) is 3.68. The topological polar surface area (TPSA) is 102 Å². The summed E-state index contributed by atoms with van der Waals surface area (Å²) in [5, 5.41) is 11.8. The predicted molar refractivity (Wildman–Crippen MR) is 114 cm³/mol. The fourth-order valence-corrected chi connectivity index (χ4v) is 4.25. The van der Waals surface area contributed by atoms with Gasteiger partial charge in [0.25, 0.3) is 0 Å². The van der Waals surface area contributed by atoms with Crippen LogP contribution in [-0.4, -0.2) is 23.7 Å². The van der Waals surface area contributed by atoms with Gasteiger partial charge in [0.15, 0.2) is 5.60 Å². The van der Waals surface area contributed by atoms with Crippen LogP contribution in [0.3, 0.4) is 0 Å². The van der Waals surface area contributed by atoms with Gasteiger partial charge in [-0.2, -0.15) is 0 Å². The van der Waals surface area contributed by atoms with Gasteiger partial charge in [-0.25, -0.2) is 9.18 Å². The molecule has 3 aromatic carbocycles. The van der Waals surface area contributed by atoms with E-state index < -0.39 is 23.4 Å². The Hall–Kier alpha value is -3.58. The second-order valence-corrected chi connectivity index (χ2v) is 7.63. The summed E-state index contributed by atoms with van der Waals surface area (Å²) in [4.78, 5) is 23.2. The molecule has 0 spiro atoms. The number of primary amides is 1. The van der Waals surface area contributed by atoms with Crippen LogP contribution >= 0.6 is 11.6 Å². The first-order chi connectivity index (χ1) is 14.8. The van der Waals surface area contributed by atoms with Crippen molar-refractivity contribution in [1.29, 1.82) is 0 Å². The Labute approximate surface area is 182 Å². The van der Waals surface area contributed by atoms with Crippen LogP contribution in [-0.2, 0) is 12.0 Å². The Morgan fingerprint density at radius 3 is 2.52 bits per heavy atom. The number of benzene rings is 3. The third-order valence-corrected chi connectivity index (χ3v) is 5.66. The Morgan fingerprint density at radius 2 is 1.84 bits per heavy atom. The highest BCUT2D eigenvalue weighted by Gasteiger charge is 2.43. The molecular formula is C23H18ClFN2O4. The van der Waals surface area contributed by atoms with E-state index >= 15 is 0 Å². The minimum Gasteiger partial charge on any atom is -0.480 e. The molecule has 0 saturated carbocycles. The average molecular weight is 441 g/mol. The molecule has 0 saturated heterocycles. The molecule has 158 valence electrons. The van der Waals surface area contributed by atoms with E-state index in [-0.39, 0.29) is 29.1 Å². The average Bonchev–Trinajstić information content (AvgIpc) is 3.13. The lowest BCUT2D eigenvalue weighted by atomic mass is 9.85. The lowest BCUT2D eigenvalue weighted by Gasteiger charge is -2.29. The number of rotatable bonds is 5. The summed E-state index contributed by atoms with van der Waals surface area (Å²) < 4.78 is 21.2. The molecule has 1 aliphatic heterocycles. The van der Waals surface area contributed by atoms with Crippen LogP contribution in [0.2, 0.25) is 5.02 Å². The van der Waals surface area contributed by atoms with Gasteiger partial charge in [0.1, 0.15) is 11.6 Å². The van der Waals surface area contributed by atoms with Gasteiger partial charge in [-0.1, -0.05) is 48.0 Å². The quantitative estimate of drug-likeness (QED) is 0.549. The Morgan fingerprint density at radius 1 is 1.10 bits per heavy atom. The van der Waals surface area contributed by atoms with E-state index in [1.165, 1.54) is 18.2 Å². The summed E-state index contributed by atoms with van der Waals surface area (Å²) in [6.07, 6.45) is -0.993. The fourth-order valence-electron chi connectivity index (χ4n) is 3.98. The molecule has 0 fully saturated rings. The first-order valence-electron chi connectivity index (χ1n) is 9.44. The van der Waals surface area contributed by atoms with Crippen LogP contribution in [0.4, 0.5) is 9.18 Å². The van der Waals surface area contributed by atoms with Crippen molar-refractivity contribution in [2.75, 3.05) is 6.54 Å². The second-order valence-electron chi connectivity index (χ2n) is 7.22. The highest BCUT2D eigenvalue weighted by atomic mass is 35.5. The number of hydrogen-bond acceptors (Lipinski definition) is 3. The molecule has 0 aliphatic carbocycles. The van der Waals surface area contributed by atoms with Crippen molar-refractivity contribution in [3.63, 3.8) is 0 Å². The third-order valence-electron chi connectivity index (χ3n) is 5.34. The Kier molecular flexibility index (Phi) is 5.29. The van der Waals surface area contributed by atoms with Crippen molar-refractivity contribution in [3.05, 3.63) is 88.2 Å². The standard InChI is InChI=1S/C23H18ClFN2O4/c24-16-9-10-18-15(19(16)20-14(21(26)28)7-4-8-17(20)25)11-23(31-18,12-27-22(29)30)13-5-2-1-3-6-13/h1-10,27H,11-12H2,(H2,26,28)(H,29,30). The highest BCUT2D eigenvalue weighted by Crippen LogP contribution is 2.48. The van der Waals surface area contributed by atoms with Crippen molar-refractivity contribution in [2.45, 2.75) is 12.0 Å². The zero-order valence-corrected chi connectivity index (χ0v) is 16.9. The molecule has 0 radical (unpaired) electrons. The normalized spacial score (nSPS) is 17.0. The molecule has 0 aromatic heterocycles. The Balaban J connectivity index is 1.90. The molecule has 31 heavy (non-hydrogen) atoms. The monoisotopic (exact) mass is 440 g/mol. The maximum absolute atomic E-state index is 14.9. The van der Waals surface area contributed by atoms with E-state index in [1.54, 1.807) is 12.1 Å². The number of ether oxygens (including phenoxy) is 1. The largest absolute Gasteiger partial charge is 0.480 e. The molecular weight excluding hydrogens is 423 g/mol. The number of carbonyl (C=O) groups is 2. The summed E-state index contributed by atoms with van der Waals surface area (Å²) in [6.45, 7) is -0.0436. The molecule has 1 unspecified atom stereocenters. The van der Waals surface area contributed by atoms with Crippen LogP contribution in [0.1, 0.15) is 21.5 Å². The summed E-state index contributed by atoms with van der Waals surface area (Å²) >= 11 is 6.47. The van der Waals surface area contributed by atoms with E-state index in [0.717, 1.165) is 5.56 Å². The molecule has 3 aromatic rings. The molecule has 4 rings (SSSR count). The van der Waals surface area contributed by atoms with Crippen molar-refractivity contribution in [2.24, 2.45) is 5.73 Å². The van der Waals surface area contributed by atoms with Crippen molar-refractivity contribution in [3.8, 4) is 16.9 Å². The number of carbonyl (C=O) groups excluding carboxylic acids is 1. The van der Waals surface area contributed by atoms with Crippen molar-refractivity contribution < 1.29 is 23.8 Å². The zero-order chi connectivity index (χ0) is 22.2. The first-order valence-corrected chi connectivity index (χ1v) is 9.81. The van der Waals surface area contributed by atoms with E-state index in [0.29, 0.717) is 16.9 Å². The smallest absolute Gasteiger partial charge is 0.404 e. The van der Waals surface area contributed by atoms with Gasteiger partial charge in [-0.15, -0.1) is 0 Å². The number of nitrogens with two attached hydrogens (primary N) is 1. The van der Waals surface area contributed by atoms with E-state index in [1.807, 2.05) is 30.3 Å². The molecule has 4 N–H and O–H groups in total. The number of amides is 2. The number of carboxylic acid groups (broad SMARTS) is 1. The van der Waals surface area contributed by atoms with Crippen LogP contribution in [0.25, 0.3) is 11.1 Å². The summed E-state index contributed by atoms with van der Waals surface area (Å²) in [6, 6.07) is 16.4. The van der Waals surface area contributed by atoms with Crippen LogP contribution in [0.5, 0.6) is 5.75 Å². The molecule has 6 nitrogen and oxygen atoms in total. The van der Waals surface area contributed by atoms with Gasteiger partial charge in [0.05, 0.1) is 6.54 Å². The first kappa shape index (κ1) is 20.7. The molecule has 8 heteroatoms. The number of halogens is 2. The van der Waals surface area contributed by atoms with E-state index in [9.17, 15) is 19.1 Å². The van der Waals surface area contributed by atoms with Crippen LogP contribution < -0.4 is 15.8 Å². The number of hydrogen-bond donors (Lipinski definition) is 3. The highest BCUT2D eigenvalue weighted by molar-refractivity contribution is 6.34. The SMILES string of the molecule is NC(=O)c1cccc(F)c1-c1c(Cl)ccc2c1CC(CNC(=O)O)(c1ccccc1)O2. The molecule has 1 heterocycles. The van der Waals surface area contributed by atoms with Crippen LogP contribution in [0.15, 0.2) is 60.7 Å².